The lowest BCUT2D eigenvalue weighted by Crippen LogP contribution is -2.43. The molecule has 4 rings (SSSR count). The average Bonchev–Trinajstić information content (AvgIpc) is 3.48. The molecular weight excluding hydrogens is 552 g/mol. The third-order valence-electron chi connectivity index (χ3n) is 6.57. The van der Waals surface area contributed by atoms with Crippen molar-refractivity contribution in [2.45, 2.75) is 50.0 Å². The van der Waals surface area contributed by atoms with Crippen molar-refractivity contribution in [2.24, 2.45) is 0 Å². The molecule has 1 aromatic carbocycles. The molecule has 0 amide bonds. The SMILES string of the molecule is CC[C@H](COP(=O)(O)OC[C@H]1O[C@@](C=N)(c2ccc3c(N)ncnn23)C(O)C1O)OCc1ccc(OC)c(F)c1. The molecule has 218 valence electrons. The first-order valence-electron chi connectivity index (χ1n) is 12.2. The van der Waals surface area contributed by atoms with E-state index in [1.54, 1.807) is 19.1 Å². The minimum absolute atomic E-state index is 0.0239. The van der Waals surface area contributed by atoms with E-state index in [-0.39, 0.29) is 30.5 Å². The van der Waals surface area contributed by atoms with E-state index in [4.69, 9.17) is 34.4 Å². The molecule has 2 aromatic heterocycles. The van der Waals surface area contributed by atoms with E-state index in [0.29, 0.717) is 17.5 Å². The van der Waals surface area contributed by atoms with Gasteiger partial charge in [-0.3, -0.25) is 9.05 Å². The molecule has 0 saturated carbocycles. The fourth-order valence-corrected chi connectivity index (χ4v) is 5.08. The molecule has 6 N–H and O–H groups in total. The molecule has 1 aliphatic rings. The summed E-state index contributed by atoms with van der Waals surface area (Å²) in [6.07, 6.45) is -2.77. The van der Waals surface area contributed by atoms with Gasteiger partial charge in [-0.1, -0.05) is 13.0 Å². The minimum Gasteiger partial charge on any atom is -0.494 e. The van der Waals surface area contributed by atoms with Crippen molar-refractivity contribution in [3.05, 3.63) is 53.7 Å². The van der Waals surface area contributed by atoms with Crippen LogP contribution in [0.3, 0.4) is 0 Å². The van der Waals surface area contributed by atoms with Crippen LogP contribution in [0.5, 0.6) is 5.75 Å². The fourth-order valence-electron chi connectivity index (χ4n) is 4.31. The Kier molecular flexibility index (Phi) is 9.17. The van der Waals surface area contributed by atoms with E-state index in [1.807, 2.05) is 0 Å². The van der Waals surface area contributed by atoms with Gasteiger partial charge in [-0.2, -0.15) is 5.10 Å². The van der Waals surface area contributed by atoms with Crippen molar-refractivity contribution in [1.82, 2.24) is 14.6 Å². The highest BCUT2D eigenvalue weighted by atomic mass is 31.2. The van der Waals surface area contributed by atoms with Crippen LogP contribution in [-0.4, -0.2) is 80.7 Å². The zero-order chi connectivity index (χ0) is 29.1. The highest BCUT2D eigenvalue weighted by molar-refractivity contribution is 7.47. The molecule has 0 bridgehead atoms. The van der Waals surface area contributed by atoms with E-state index in [9.17, 15) is 24.1 Å². The number of hydrogen-bond acceptors (Lipinski definition) is 12. The standard InChI is InChI=1S/C24H31FN5O9P/c1-3-15(36-9-14-4-6-18(35-2)16(25)8-14)10-37-40(33,34)38-11-19-21(31)22(32)24(12-26,39-19)20-7-5-17-23(27)28-13-29-30(17)20/h4-8,12-13,15,19,21-22,26,31-32H,3,9-11H2,1-2H3,(H,33,34)(H2,27,28,29)/t15-,19-,21?,22?,24+/m1/s1. The van der Waals surface area contributed by atoms with Crippen LogP contribution in [0.25, 0.3) is 5.52 Å². The van der Waals surface area contributed by atoms with E-state index >= 15 is 0 Å². The van der Waals surface area contributed by atoms with Gasteiger partial charge >= 0.3 is 7.82 Å². The summed E-state index contributed by atoms with van der Waals surface area (Å²) in [7, 11) is -3.30. The number of aliphatic hydroxyl groups is 2. The molecule has 1 fully saturated rings. The Bertz CT molecular complexity index is 1390. The predicted octanol–water partition coefficient (Wildman–Crippen LogP) is 1.55. The lowest BCUT2D eigenvalue weighted by molar-refractivity contribution is -0.0562. The van der Waals surface area contributed by atoms with Crippen molar-refractivity contribution < 1.29 is 47.3 Å². The fraction of sp³-hybridized carbons (Fsp3) is 0.458. The van der Waals surface area contributed by atoms with Crippen LogP contribution in [0.4, 0.5) is 10.2 Å². The lowest BCUT2D eigenvalue weighted by Gasteiger charge is -2.27. The van der Waals surface area contributed by atoms with Crippen molar-refractivity contribution in [1.29, 1.82) is 5.41 Å². The highest BCUT2D eigenvalue weighted by Crippen LogP contribution is 2.46. The van der Waals surface area contributed by atoms with Crippen molar-refractivity contribution in [3.63, 3.8) is 0 Å². The molecule has 0 radical (unpaired) electrons. The van der Waals surface area contributed by atoms with Gasteiger partial charge in [-0.15, -0.1) is 0 Å². The molecule has 1 saturated heterocycles. The summed E-state index contributed by atoms with van der Waals surface area (Å²) in [5, 5.41) is 33.5. The second-order valence-corrected chi connectivity index (χ2v) is 10.5. The number of nitrogen functional groups attached to an aromatic ring is 1. The third kappa shape index (κ3) is 6.01. The highest BCUT2D eigenvalue weighted by Gasteiger charge is 2.56. The number of phosphoric acid groups is 1. The minimum atomic E-state index is -4.66. The summed E-state index contributed by atoms with van der Waals surface area (Å²) in [5.41, 5.74) is 5.11. The van der Waals surface area contributed by atoms with Crippen LogP contribution in [0.1, 0.15) is 24.6 Å². The Morgan fingerprint density at radius 2 is 2.10 bits per heavy atom. The zero-order valence-electron chi connectivity index (χ0n) is 21.7. The van der Waals surface area contributed by atoms with Crippen LogP contribution in [0.15, 0.2) is 36.7 Å². The number of phosphoric ester groups is 1. The smallest absolute Gasteiger partial charge is 0.472 e. The van der Waals surface area contributed by atoms with Gasteiger partial charge in [0.2, 0.25) is 0 Å². The van der Waals surface area contributed by atoms with Crippen molar-refractivity contribution in [2.75, 3.05) is 26.1 Å². The van der Waals surface area contributed by atoms with Gasteiger partial charge < -0.3 is 40.5 Å². The topological polar surface area (TPSA) is 204 Å². The Hall–Kier alpha value is -3.01. The van der Waals surface area contributed by atoms with Gasteiger partial charge in [-0.25, -0.2) is 18.5 Å². The maximum atomic E-state index is 13.9. The Morgan fingerprint density at radius 1 is 1.32 bits per heavy atom. The average molecular weight is 584 g/mol. The van der Waals surface area contributed by atoms with Crippen molar-refractivity contribution >= 4 is 25.4 Å². The van der Waals surface area contributed by atoms with Crippen LogP contribution in [0.2, 0.25) is 0 Å². The molecule has 0 aliphatic carbocycles. The van der Waals surface area contributed by atoms with Crippen LogP contribution in [-0.2, 0) is 35.3 Å². The van der Waals surface area contributed by atoms with Crippen LogP contribution in [0, 0.1) is 11.2 Å². The molecule has 0 spiro atoms. The number of benzene rings is 1. The van der Waals surface area contributed by atoms with E-state index in [0.717, 1.165) is 6.21 Å². The lowest BCUT2D eigenvalue weighted by atomic mass is 9.92. The molecule has 16 heteroatoms. The van der Waals surface area contributed by atoms with E-state index < -0.39 is 50.3 Å². The number of halogens is 1. The van der Waals surface area contributed by atoms with Gasteiger partial charge in [0.1, 0.15) is 30.2 Å². The monoisotopic (exact) mass is 583 g/mol. The number of anilines is 1. The third-order valence-corrected chi connectivity index (χ3v) is 7.52. The van der Waals surface area contributed by atoms with E-state index in [1.165, 1.54) is 36.2 Å². The first kappa shape index (κ1) is 30.0. The van der Waals surface area contributed by atoms with Crippen molar-refractivity contribution in [3.8, 4) is 5.75 Å². The second kappa shape index (κ2) is 12.2. The van der Waals surface area contributed by atoms with Gasteiger partial charge in [0, 0.05) is 6.21 Å². The quantitative estimate of drug-likeness (QED) is 0.144. The number of nitrogens with two attached hydrogens (primary N) is 1. The van der Waals surface area contributed by atoms with Gasteiger partial charge in [0.15, 0.2) is 23.0 Å². The number of nitrogens with zero attached hydrogens (tertiary/aromatic N) is 3. The number of aromatic nitrogens is 3. The number of methoxy groups -OCH3 is 1. The Balaban J connectivity index is 1.35. The summed E-state index contributed by atoms with van der Waals surface area (Å²) in [5.74, 6) is -0.296. The van der Waals surface area contributed by atoms with Gasteiger partial charge in [0.05, 0.1) is 38.7 Å². The molecule has 3 unspecified atom stereocenters. The first-order chi connectivity index (χ1) is 19.0. The number of fused-ring (bicyclic) bond motifs is 1. The second-order valence-electron chi connectivity index (χ2n) is 9.06. The Labute approximate surface area is 228 Å². The summed E-state index contributed by atoms with van der Waals surface area (Å²) in [6, 6.07) is 7.43. The summed E-state index contributed by atoms with van der Waals surface area (Å²) in [4.78, 5) is 14.1. The van der Waals surface area contributed by atoms with E-state index in [2.05, 4.69) is 10.1 Å². The molecule has 14 nitrogen and oxygen atoms in total. The summed E-state index contributed by atoms with van der Waals surface area (Å²) >= 11 is 0. The maximum absolute atomic E-state index is 13.9. The zero-order valence-corrected chi connectivity index (χ0v) is 22.6. The summed E-state index contributed by atoms with van der Waals surface area (Å²) in [6.45, 7) is 0.832. The molecule has 3 heterocycles. The van der Waals surface area contributed by atoms with Crippen LogP contribution < -0.4 is 10.5 Å². The number of hydrogen-bond donors (Lipinski definition) is 5. The van der Waals surface area contributed by atoms with Gasteiger partial charge in [0.25, 0.3) is 0 Å². The number of ether oxygens (including phenoxy) is 3. The normalized spacial score (nSPS) is 25.1. The number of nitrogens with one attached hydrogen (secondary N) is 1. The largest absolute Gasteiger partial charge is 0.494 e. The number of rotatable bonds is 13. The predicted molar refractivity (Wildman–Crippen MR) is 138 cm³/mol. The molecular formula is C24H31FN5O9P. The summed E-state index contributed by atoms with van der Waals surface area (Å²) < 4.78 is 54.3. The maximum Gasteiger partial charge on any atom is 0.472 e. The molecule has 1 aliphatic heterocycles. The molecule has 40 heavy (non-hydrogen) atoms. The molecule has 6 atom stereocenters. The number of aliphatic hydroxyl groups excluding tert-OH is 2. The molecule has 3 aromatic rings. The van der Waals surface area contributed by atoms with Crippen LogP contribution >= 0.6 is 7.82 Å². The van der Waals surface area contributed by atoms with Gasteiger partial charge in [-0.05, 0) is 36.2 Å². The Morgan fingerprint density at radius 3 is 2.77 bits per heavy atom. The first-order valence-corrected chi connectivity index (χ1v) is 13.7.